The van der Waals surface area contributed by atoms with E-state index in [-0.39, 0.29) is 56.2 Å². The number of rotatable bonds is 19. The first-order chi connectivity index (χ1) is 23.7. The van der Waals surface area contributed by atoms with Crippen molar-refractivity contribution in [2.45, 2.75) is 70.9 Å². The lowest BCUT2D eigenvalue weighted by Crippen LogP contribution is -2.56. The second kappa shape index (κ2) is 21.2. The fraction of sp³-hybridized carbons (Fsp3) is 0.471. The van der Waals surface area contributed by atoms with Gasteiger partial charge in [0.15, 0.2) is 0 Å². The van der Waals surface area contributed by atoms with Crippen LogP contribution < -0.4 is 16.4 Å². The number of benzene rings is 2. The van der Waals surface area contributed by atoms with Gasteiger partial charge in [-0.1, -0.05) is 42.5 Å². The first-order valence-corrected chi connectivity index (χ1v) is 17.7. The molecule has 0 aliphatic rings. The van der Waals surface area contributed by atoms with Gasteiger partial charge in [0.2, 0.25) is 24.0 Å². The van der Waals surface area contributed by atoms with Gasteiger partial charge in [-0.15, -0.1) is 0 Å². The molecular weight excluding hydrogens is 670 g/mol. The smallest absolute Gasteiger partial charge is 0.508 e. The topological polar surface area (TPSA) is 216 Å². The maximum atomic E-state index is 13.8. The molecule has 274 valence electrons. The van der Waals surface area contributed by atoms with Crippen molar-refractivity contribution in [3.8, 4) is 5.75 Å². The molecule has 5 N–H and O–H groups in total. The molecule has 15 nitrogen and oxygen atoms in total. The van der Waals surface area contributed by atoms with E-state index in [0.717, 1.165) is 5.56 Å². The molecule has 5 atom stereocenters. The molecule has 0 saturated heterocycles. The number of amides is 3. The van der Waals surface area contributed by atoms with E-state index in [0.29, 0.717) is 5.56 Å². The van der Waals surface area contributed by atoms with Crippen molar-refractivity contribution in [2.24, 2.45) is 10.7 Å². The number of phenolic OH excluding ortho intramolecular Hbond substituents is 1. The molecule has 0 aromatic heterocycles. The lowest BCUT2D eigenvalue weighted by molar-refractivity contribution is -0.168. The largest absolute Gasteiger partial charge is 0.511 e. The molecule has 0 heterocycles. The maximum absolute atomic E-state index is 13.8. The SMILES string of the molecule is CCOC(=O)OC(C)OC(=O)CCN(C)C(=O)[C@H](Cc1ccccc1)NC(=O)[C@@H](CCS(C)=O)NC(=O)[C@H](Cc1ccc(O)cc1)N=C(C)N. The number of nitrogens with one attached hydrogen (secondary N) is 2. The zero-order valence-electron chi connectivity index (χ0n) is 29.0. The highest BCUT2D eigenvalue weighted by atomic mass is 32.2. The van der Waals surface area contributed by atoms with Crippen LogP contribution in [-0.2, 0) is 57.0 Å². The van der Waals surface area contributed by atoms with Crippen molar-refractivity contribution < 1.29 is 47.5 Å². The van der Waals surface area contributed by atoms with Gasteiger partial charge >= 0.3 is 12.1 Å². The molecule has 2 rings (SSSR count). The molecule has 0 saturated carbocycles. The Morgan fingerprint density at radius 2 is 1.56 bits per heavy atom. The van der Waals surface area contributed by atoms with Crippen molar-refractivity contribution in [3.05, 3.63) is 65.7 Å². The Balaban J connectivity index is 2.22. The molecule has 0 spiro atoms. The van der Waals surface area contributed by atoms with Gasteiger partial charge in [0, 0.05) is 56.2 Å². The van der Waals surface area contributed by atoms with Crippen molar-refractivity contribution in [1.29, 1.82) is 0 Å². The van der Waals surface area contributed by atoms with Crippen LogP contribution in [0.5, 0.6) is 5.75 Å². The van der Waals surface area contributed by atoms with Gasteiger partial charge in [-0.3, -0.25) is 28.4 Å². The quantitative estimate of drug-likeness (QED) is 0.0708. The Morgan fingerprint density at radius 3 is 2.16 bits per heavy atom. The summed E-state index contributed by atoms with van der Waals surface area (Å²) in [6.07, 6.45) is -0.771. The van der Waals surface area contributed by atoms with E-state index >= 15 is 0 Å². The van der Waals surface area contributed by atoms with E-state index < -0.39 is 65.1 Å². The van der Waals surface area contributed by atoms with Crippen LogP contribution in [0.2, 0.25) is 0 Å². The third-order valence-electron chi connectivity index (χ3n) is 7.10. The fourth-order valence-electron chi connectivity index (χ4n) is 4.63. The van der Waals surface area contributed by atoms with Crippen LogP contribution in [0, 0.1) is 0 Å². The van der Waals surface area contributed by atoms with E-state index in [4.69, 9.17) is 15.2 Å². The fourth-order valence-corrected chi connectivity index (χ4v) is 5.20. The number of hydrogen-bond acceptors (Lipinski definition) is 11. The van der Waals surface area contributed by atoms with Gasteiger partial charge in [-0.2, -0.15) is 0 Å². The number of esters is 1. The average molecular weight is 718 g/mol. The summed E-state index contributed by atoms with van der Waals surface area (Å²) in [5, 5.41) is 15.1. The van der Waals surface area contributed by atoms with Crippen molar-refractivity contribution in [1.82, 2.24) is 15.5 Å². The molecule has 0 bridgehead atoms. The number of carbonyl (C=O) groups is 5. The van der Waals surface area contributed by atoms with Crippen LogP contribution in [0.15, 0.2) is 59.6 Å². The van der Waals surface area contributed by atoms with Crippen LogP contribution in [0.3, 0.4) is 0 Å². The summed E-state index contributed by atoms with van der Waals surface area (Å²) in [6.45, 7) is 4.46. The van der Waals surface area contributed by atoms with Gasteiger partial charge in [0.25, 0.3) is 0 Å². The number of amidine groups is 1. The Labute approximate surface area is 294 Å². The summed E-state index contributed by atoms with van der Waals surface area (Å²) in [5.74, 6) is -2.29. The van der Waals surface area contributed by atoms with E-state index in [1.54, 1.807) is 49.4 Å². The molecule has 16 heteroatoms. The Morgan fingerprint density at radius 1 is 0.940 bits per heavy atom. The number of phenols is 1. The molecule has 50 heavy (non-hydrogen) atoms. The third kappa shape index (κ3) is 15.5. The number of carbonyl (C=O) groups excluding carboxylic acids is 5. The number of likely N-dealkylation sites (N-methyl/N-ethyl adjacent to an activating group) is 1. The standard InChI is InChI=1S/C34H47N5O10S/c1-6-47-34(45)49-23(3)48-30(41)16-18-39(4)33(44)29(21-24-10-8-7-9-11-24)38-31(42)27(17-19-50(5)46)37-32(43)28(36-22(2)35)20-25-12-14-26(40)15-13-25/h7-15,23,27-29,40H,6,16-21H2,1-5H3,(H2,35,36)(H,37,43)(H,38,42)/t23?,27-,28+,29+,50?/m1/s1. The minimum Gasteiger partial charge on any atom is -0.508 e. The van der Waals surface area contributed by atoms with Crippen LogP contribution in [0.4, 0.5) is 4.79 Å². The van der Waals surface area contributed by atoms with Gasteiger partial charge in [-0.25, -0.2) is 4.79 Å². The lowest BCUT2D eigenvalue weighted by Gasteiger charge is -2.27. The summed E-state index contributed by atoms with van der Waals surface area (Å²) >= 11 is 0. The van der Waals surface area contributed by atoms with Gasteiger partial charge < -0.3 is 40.6 Å². The first kappa shape index (κ1) is 41.2. The molecule has 0 aliphatic carbocycles. The third-order valence-corrected chi connectivity index (χ3v) is 7.91. The molecule has 3 amide bonds. The van der Waals surface area contributed by atoms with Crippen LogP contribution in [-0.4, -0.2) is 107 Å². The predicted molar refractivity (Wildman–Crippen MR) is 186 cm³/mol. The molecule has 0 fully saturated rings. The predicted octanol–water partition coefficient (Wildman–Crippen LogP) is 1.57. The number of ether oxygens (including phenoxy) is 3. The average Bonchev–Trinajstić information content (AvgIpc) is 3.05. The second-order valence-electron chi connectivity index (χ2n) is 11.4. The maximum Gasteiger partial charge on any atom is 0.511 e. The minimum atomic E-state index is -1.30. The van der Waals surface area contributed by atoms with E-state index in [2.05, 4.69) is 20.4 Å². The first-order valence-electron chi connectivity index (χ1n) is 16.0. The molecule has 2 unspecified atom stereocenters. The summed E-state index contributed by atoms with van der Waals surface area (Å²) in [7, 11) is 0.153. The molecule has 0 aliphatic heterocycles. The number of nitrogens with two attached hydrogens (primary N) is 1. The zero-order valence-corrected chi connectivity index (χ0v) is 29.8. The van der Waals surface area contributed by atoms with Gasteiger partial charge in [-0.05, 0) is 43.5 Å². The molecule has 0 radical (unpaired) electrons. The van der Waals surface area contributed by atoms with E-state index in [9.17, 15) is 33.3 Å². The lowest BCUT2D eigenvalue weighted by atomic mass is 10.0. The normalized spacial score (nSPS) is 14.2. The van der Waals surface area contributed by atoms with Crippen molar-refractivity contribution >= 4 is 46.5 Å². The van der Waals surface area contributed by atoms with Crippen LogP contribution in [0.1, 0.15) is 44.7 Å². The minimum absolute atomic E-state index is 0.00207. The van der Waals surface area contributed by atoms with Crippen molar-refractivity contribution in [3.63, 3.8) is 0 Å². The zero-order chi connectivity index (χ0) is 37.2. The second-order valence-corrected chi connectivity index (χ2v) is 13.0. The van der Waals surface area contributed by atoms with Crippen LogP contribution in [0.25, 0.3) is 0 Å². The molecule has 2 aromatic carbocycles. The summed E-state index contributed by atoms with van der Waals surface area (Å²) in [5.41, 5.74) is 7.23. The monoisotopic (exact) mass is 717 g/mol. The van der Waals surface area contributed by atoms with Crippen molar-refractivity contribution in [2.75, 3.05) is 32.2 Å². The summed E-state index contributed by atoms with van der Waals surface area (Å²) in [6, 6.07) is 11.8. The Kier molecular flexibility index (Phi) is 17.4. The Bertz CT molecular complexity index is 1490. The van der Waals surface area contributed by atoms with E-state index in [1.807, 2.05) is 0 Å². The number of nitrogens with zero attached hydrogens (tertiary/aromatic N) is 2. The number of hydrogen-bond donors (Lipinski definition) is 4. The molecular formula is C34H47N5O10S. The number of aliphatic imine (C=N–C) groups is 1. The number of aromatic hydroxyl groups is 1. The van der Waals surface area contributed by atoms with E-state index in [1.165, 1.54) is 44.2 Å². The van der Waals surface area contributed by atoms with Crippen LogP contribution >= 0.6 is 0 Å². The summed E-state index contributed by atoms with van der Waals surface area (Å²) in [4.78, 5) is 70.3. The highest BCUT2D eigenvalue weighted by Gasteiger charge is 2.31. The highest BCUT2D eigenvalue weighted by molar-refractivity contribution is 7.84. The molecule has 2 aromatic rings. The Hall–Kier alpha value is -4.99. The summed E-state index contributed by atoms with van der Waals surface area (Å²) < 4.78 is 26.5. The van der Waals surface area contributed by atoms with Gasteiger partial charge in [0.1, 0.15) is 23.9 Å². The van der Waals surface area contributed by atoms with Gasteiger partial charge in [0.05, 0.1) is 18.9 Å². The highest BCUT2D eigenvalue weighted by Crippen LogP contribution is 2.14.